The first-order valence-corrected chi connectivity index (χ1v) is 10.3. The van der Waals surface area contributed by atoms with Gasteiger partial charge in [0.1, 0.15) is 48.8 Å². The molecule has 2 aliphatic rings. The summed E-state index contributed by atoms with van der Waals surface area (Å²) in [6.07, 6.45) is -13.7. The molecule has 2 aliphatic heterocycles. The van der Waals surface area contributed by atoms with Gasteiger partial charge in [0.05, 0.1) is 24.6 Å². The van der Waals surface area contributed by atoms with Crippen LogP contribution >= 0.6 is 0 Å². The van der Waals surface area contributed by atoms with E-state index >= 15 is 0 Å². The zero-order valence-corrected chi connectivity index (χ0v) is 17.7. The third kappa shape index (κ3) is 4.84. The molecule has 0 aromatic heterocycles. The summed E-state index contributed by atoms with van der Waals surface area (Å²) >= 11 is 0. The number of ether oxygens (including phenoxy) is 2. The fraction of sp³-hybridized carbons (Fsp3) is 0.700. The van der Waals surface area contributed by atoms with Gasteiger partial charge in [0.25, 0.3) is 0 Å². The van der Waals surface area contributed by atoms with Crippen molar-refractivity contribution >= 4 is 11.4 Å². The molecule has 2 saturated heterocycles. The third-order valence-electron chi connectivity index (χ3n) is 6.01. The van der Waals surface area contributed by atoms with Crippen LogP contribution in [0.3, 0.4) is 0 Å². The summed E-state index contributed by atoms with van der Waals surface area (Å²) in [5.74, 6) is 0. The normalized spacial score (nSPS) is 40.2. The zero-order chi connectivity index (χ0) is 23.7. The van der Waals surface area contributed by atoms with Crippen molar-refractivity contribution < 1.29 is 50.3 Å². The molecule has 1 aromatic rings. The van der Waals surface area contributed by atoms with E-state index in [1.54, 1.807) is 12.1 Å². The highest BCUT2D eigenvalue weighted by atomic mass is 16.6. The van der Waals surface area contributed by atoms with Gasteiger partial charge in [-0.05, 0) is 37.1 Å². The van der Waals surface area contributed by atoms with Gasteiger partial charge < -0.3 is 61.0 Å². The number of anilines is 2. The lowest BCUT2D eigenvalue weighted by Crippen LogP contribution is -2.61. The molecule has 10 N–H and O–H groups in total. The first kappa shape index (κ1) is 25.1. The van der Waals surface area contributed by atoms with Crippen molar-refractivity contribution in [2.24, 2.45) is 0 Å². The van der Waals surface area contributed by atoms with Gasteiger partial charge >= 0.3 is 0 Å². The highest BCUT2D eigenvalue weighted by Gasteiger charge is 2.45. The smallest absolute Gasteiger partial charge is 0.157 e. The highest BCUT2D eigenvalue weighted by Crippen LogP contribution is 2.32. The molecular weight excluding hydrogens is 428 g/mol. The maximum absolute atomic E-state index is 10.3. The van der Waals surface area contributed by atoms with Crippen LogP contribution in [0.15, 0.2) is 12.1 Å². The van der Waals surface area contributed by atoms with Gasteiger partial charge in [-0.15, -0.1) is 0 Å². The van der Waals surface area contributed by atoms with Gasteiger partial charge in [-0.1, -0.05) is 0 Å². The summed E-state index contributed by atoms with van der Waals surface area (Å²) in [4.78, 5) is 0. The van der Waals surface area contributed by atoms with Crippen molar-refractivity contribution in [3.05, 3.63) is 23.3 Å². The Morgan fingerprint density at radius 2 is 0.969 bits per heavy atom. The number of nitrogens with one attached hydrogen (secondary N) is 2. The van der Waals surface area contributed by atoms with Crippen molar-refractivity contribution in [3.63, 3.8) is 0 Å². The van der Waals surface area contributed by atoms with E-state index in [1.165, 1.54) is 0 Å². The van der Waals surface area contributed by atoms with Crippen LogP contribution in [-0.2, 0) is 9.47 Å². The quantitative estimate of drug-likeness (QED) is 0.203. The van der Waals surface area contributed by atoms with Crippen LogP contribution in [0.2, 0.25) is 0 Å². The molecule has 3 rings (SSSR count). The predicted octanol–water partition coefficient (Wildman–Crippen LogP) is -3.27. The molecule has 0 aliphatic carbocycles. The molecule has 0 radical (unpaired) electrons. The van der Waals surface area contributed by atoms with Crippen LogP contribution < -0.4 is 10.6 Å². The number of benzene rings is 1. The number of hydrogen-bond donors (Lipinski definition) is 10. The van der Waals surface area contributed by atoms with E-state index in [2.05, 4.69) is 10.6 Å². The van der Waals surface area contributed by atoms with E-state index in [0.717, 1.165) is 11.1 Å². The second-order valence-electron chi connectivity index (χ2n) is 8.27. The number of rotatable bonds is 6. The number of aryl methyl sites for hydroxylation is 2. The molecule has 12 nitrogen and oxygen atoms in total. The molecule has 182 valence electrons. The molecule has 0 amide bonds. The minimum Gasteiger partial charge on any atom is -0.394 e. The summed E-state index contributed by atoms with van der Waals surface area (Å²) in [7, 11) is 0. The Balaban J connectivity index is 1.86. The number of aliphatic hydroxyl groups excluding tert-OH is 8. The fourth-order valence-corrected chi connectivity index (χ4v) is 3.80. The maximum atomic E-state index is 10.3. The summed E-state index contributed by atoms with van der Waals surface area (Å²) in [5, 5.41) is 85.3. The van der Waals surface area contributed by atoms with Crippen molar-refractivity contribution in [1.29, 1.82) is 0 Å². The second kappa shape index (κ2) is 10.1. The van der Waals surface area contributed by atoms with Crippen LogP contribution in [0, 0.1) is 13.8 Å². The molecule has 0 spiro atoms. The van der Waals surface area contributed by atoms with Crippen molar-refractivity contribution in [2.75, 3.05) is 23.8 Å². The van der Waals surface area contributed by atoms with Crippen LogP contribution in [0.1, 0.15) is 11.1 Å². The second-order valence-corrected chi connectivity index (χ2v) is 8.27. The van der Waals surface area contributed by atoms with E-state index < -0.39 is 74.5 Å². The lowest BCUT2D eigenvalue weighted by Gasteiger charge is -2.42. The minimum absolute atomic E-state index is 0.370. The van der Waals surface area contributed by atoms with Gasteiger partial charge in [0.2, 0.25) is 0 Å². The SMILES string of the molecule is Cc1cc(N[C@@H]2O[C@@H](CO)[C@@H](O)[C@@H](O)[C@H]2O)c(N[C@H]2O[C@@H](CO)[C@@H](O)[C@@H](O)[C@@H]2O)cc1C. The van der Waals surface area contributed by atoms with Crippen LogP contribution in [0.4, 0.5) is 11.4 Å². The van der Waals surface area contributed by atoms with E-state index in [9.17, 15) is 40.9 Å². The van der Waals surface area contributed by atoms with Gasteiger partial charge in [0.15, 0.2) is 12.5 Å². The van der Waals surface area contributed by atoms with E-state index in [0.29, 0.717) is 11.4 Å². The van der Waals surface area contributed by atoms with Crippen molar-refractivity contribution in [2.45, 2.75) is 75.1 Å². The Bertz CT molecular complexity index is 716. The lowest BCUT2D eigenvalue weighted by atomic mass is 9.97. The molecule has 32 heavy (non-hydrogen) atoms. The van der Waals surface area contributed by atoms with Crippen molar-refractivity contribution in [1.82, 2.24) is 0 Å². The zero-order valence-electron chi connectivity index (χ0n) is 17.7. The van der Waals surface area contributed by atoms with Crippen molar-refractivity contribution in [3.8, 4) is 0 Å². The fourth-order valence-electron chi connectivity index (χ4n) is 3.80. The molecule has 1 aromatic carbocycles. The molecule has 12 heteroatoms. The molecule has 2 heterocycles. The number of aliphatic hydroxyl groups is 8. The standard InChI is InChI=1S/C20H32N2O10/c1-7-3-9(21-19-17(29)15(27)13(25)11(5-23)31-19)10(4-8(7)2)22-20-18(30)16(28)14(26)12(6-24)32-20/h3-4,11-30H,5-6H2,1-2H3/t11-,12-,13+,14+,15+,16+,17-,18+,19-,20+/m0/s1. The highest BCUT2D eigenvalue weighted by molar-refractivity contribution is 5.71. The van der Waals surface area contributed by atoms with Gasteiger partial charge in [-0.25, -0.2) is 0 Å². The third-order valence-corrected chi connectivity index (χ3v) is 6.01. The summed E-state index contributed by atoms with van der Waals surface area (Å²) in [6.45, 7) is 2.52. The Kier molecular flexibility index (Phi) is 7.93. The molecule has 10 atom stereocenters. The molecule has 0 saturated carbocycles. The first-order valence-electron chi connectivity index (χ1n) is 10.3. The average Bonchev–Trinajstić information content (AvgIpc) is 2.77. The van der Waals surface area contributed by atoms with Crippen LogP contribution in [-0.4, -0.2) is 115 Å². The Morgan fingerprint density at radius 3 is 1.28 bits per heavy atom. The van der Waals surface area contributed by atoms with Crippen LogP contribution in [0.25, 0.3) is 0 Å². The van der Waals surface area contributed by atoms with E-state index in [1.807, 2.05) is 13.8 Å². The first-order chi connectivity index (χ1) is 15.1. The van der Waals surface area contributed by atoms with Gasteiger partial charge in [0, 0.05) is 0 Å². The summed E-state index contributed by atoms with van der Waals surface area (Å²) in [5.41, 5.74) is 2.46. The largest absolute Gasteiger partial charge is 0.394 e. The molecular formula is C20H32N2O10. The number of hydrogen-bond acceptors (Lipinski definition) is 12. The maximum Gasteiger partial charge on any atom is 0.157 e. The Morgan fingerprint density at radius 1 is 0.625 bits per heavy atom. The van der Waals surface area contributed by atoms with E-state index in [-0.39, 0.29) is 0 Å². The van der Waals surface area contributed by atoms with Gasteiger partial charge in [-0.3, -0.25) is 0 Å². The van der Waals surface area contributed by atoms with Gasteiger partial charge in [-0.2, -0.15) is 0 Å². The monoisotopic (exact) mass is 460 g/mol. The molecule has 0 unspecified atom stereocenters. The van der Waals surface area contributed by atoms with E-state index in [4.69, 9.17) is 9.47 Å². The lowest BCUT2D eigenvalue weighted by molar-refractivity contribution is -0.222. The average molecular weight is 460 g/mol. The predicted molar refractivity (Wildman–Crippen MR) is 111 cm³/mol. The summed E-state index contributed by atoms with van der Waals surface area (Å²) < 4.78 is 11.0. The minimum atomic E-state index is -1.56. The summed E-state index contributed by atoms with van der Waals surface area (Å²) in [6, 6.07) is 3.42. The topological polar surface area (TPSA) is 204 Å². The molecule has 0 bridgehead atoms. The Hall–Kier alpha value is -1.58. The van der Waals surface area contributed by atoms with Crippen LogP contribution in [0.5, 0.6) is 0 Å². The molecule has 2 fully saturated rings. The Labute approximate surface area is 184 Å².